The molecule has 1 fully saturated rings. The smallest absolute Gasteiger partial charge is 0.116 e. The molecule has 0 spiro atoms. The van der Waals surface area contributed by atoms with Gasteiger partial charge in [0.25, 0.3) is 0 Å². The number of nitrogens with one attached hydrogen (secondary N) is 1. The molecule has 2 atom stereocenters. The number of ether oxygens (including phenoxy) is 1. The molecule has 2 unspecified atom stereocenters. The van der Waals surface area contributed by atoms with E-state index in [9.17, 15) is 5.26 Å². The van der Waals surface area contributed by atoms with Crippen LogP contribution in [-0.4, -0.2) is 49.3 Å². The Labute approximate surface area is 105 Å². The monoisotopic (exact) mass is 239 g/mol. The Morgan fingerprint density at radius 3 is 2.82 bits per heavy atom. The molecule has 0 amide bonds. The van der Waals surface area contributed by atoms with E-state index in [0.717, 1.165) is 32.5 Å². The van der Waals surface area contributed by atoms with Gasteiger partial charge in [-0.05, 0) is 40.2 Å². The molecule has 0 aromatic rings. The van der Waals surface area contributed by atoms with Crippen LogP contribution in [0.4, 0.5) is 0 Å². The Kier molecular flexibility index (Phi) is 5.38. The number of methoxy groups -OCH3 is 1. The quantitative estimate of drug-likeness (QED) is 0.787. The molecule has 0 radical (unpaired) electrons. The van der Waals surface area contributed by atoms with Gasteiger partial charge in [-0.2, -0.15) is 5.26 Å². The zero-order valence-electron chi connectivity index (χ0n) is 11.5. The third-order valence-corrected chi connectivity index (χ3v) is 3.19. The lowest BCUT2D eigenvalue weighted by Gasteiger charge is -2.37. The lowest BCUT2D eigenvalue weighted by Crippen LogP contribution is -2.55. The molecule has 4 nitrogen and oxygen atoms in total. The van der Waals surface area contributed by atoms with Crippen molar-refractivity contribution in [3.8, 4) is 6.07 Å². The maximum absolute atomic E-state index is 9.32. The third kappa shape index (κ3) is 4.63. The van der Waals surface area contributed by atoms with Gasteiger partial charge in [-0.3, -0.25) is 10.2 Å². The van der Waals surface area contributed by atoms with E-state index in [1.807, 2.05) is 6.92 Å². The van der Waals surface area contributed by atoms with E-state index in [0.29, 0.717) is 12.1 Å². The summed E-state index contributed by atoms with van der Waals surface area (Å²) < 4.78 is 5.41. The lowest BCUT2D eigenvalue weighted by atomic mass is 10.00. The van der Waals surface area contributed by atoms with Gasteiger partial charge in [0, 0.05) is 26.2 Å². The highest BCUT2D eigenvalue weighted by Crippen LogP contribution is 2.16. The molecule has 1 aliphatic heterocycles. The number of likely N-dealkylation sites (tertiary alicyclic amines) is 1. The number of hydrogen-bond acceptors (Lipinski definition) is 4. The molecule has 0 saturated carbocycles. The standard InChI is InChI=1S/C13H25N3O/c1-11(2)15-13(3,9-14)10-16-7-5-6-12(8-16)17-4/h11-12,15H,5-8,10H2,1-4H3. The second-order valence-electron chi connectivity index (χ2n) is 5.48. The maximum Gasteiger partial charge on any atom is 0.116 e. The molecule has 0 bridgehead atoms. The van der Waals surface area contributed by atoms with Crippen LogP contribution in [0.2, 0.25) is 0 Å². The van der Waals surface area contributed by atoms with E-state index in [4.69, 9.17) is 4.74 Å². The van der Waals surface area contributed by atoms with Crippen molar-refractivity contribution in [2.75, 3.05) is 26.7 Å². The van der Waals surface area contributed by atoms with Gasteiger partial charge in [-0.15, -0.1) is 0 Å². The fourth-order valence-electron chi connectivity index (χ4n) is 2.55. The van der Waals surface area contributed by atoms with Crippen LogP contribution in [0.25, 0.3) is 0 Å². The minimum absolute atomic E-state index is 0.322. The van der Waals surface area contributed by atoms with Crippen molar-refractivity contribution in [1.29, 1.82) is 5.26 Å². The van der Waals surface area contributed by atoms with Gasteiger partial charge in [0.1, 0.15) is 5.54 Å². The molecule has 4 heteroatoms. The first-order chi connectivity index (χ1) is 7.99. The first-order valence-corrected chi connectivity index (χ1v) is 6.43. The fourth-order valence-corrected chi connectivity index (χ4v) is 2.55. The first kappa shape index (κ1) is 14.4. The van der Waals surface area contributed by atoms with Gasteiger partial charge in [0.05, 0.1) is 12.2 Å². The van der Waals surface area contributed by atoms with E-state index in [1.165, 1.54) is 0 Å². The predicted molar refractivity (Wildman–Crippen MR) is 68.8 cm³/mol. The molecule has 1 saturated heterocycles. The molecular formula is C13H25N3O. The van der Waals surface area contributed by atoms with Crippen molar-refractivity contribution in [1.82, 2.24) is 10.2 Å². The Hall–Kier alpha value is -0.630. The van der Waals surface area contributed by atoms with Gasteiger partial charge in [-0.1, -0.05) is 0 Å². The molecule has 1 rings (SSSR count). The molecular weight excluding hydrogens is 214 g/mol. The van der Waals surface area contributed by atoms with Crippen molar-refractivity contribution < 1.29 is 4.74 Å². The van der Waals surface area contributed by atoms with Gasteiger partial charge in [0.15, 0.2) is 0 Å². The average Bonchev–Trinajstić information content (AvgIpc) is 2.28. The molecule has 17 heavy (non-hydrogen) atoms. The molecule has 0 aliphatic carbocycles. The van der Waals surface area contributed by atoms with Crippen molar-refractivity contribution >= 4 is 0 Å². The van der Waals surface area contributed by atoms with Gasteiger partial charge in [0.2, 0.25) is 0 Å². The number of nitrogens with zero attached hydrogens (tertiary/aromatic N) is 2. The number of hydrogen-bond donors (Lipinski definition) is 1. The summed E-state index contributed by atoms with van der Waals surface area (Å²) in [5, 5.41) is 12.7. The van der Waals surface area contributed by atoms with Crippen LogP contribution in [-0.2, 0) is 4.74 Å². The van der Waals surface area contributed by atoms with E-state index in [2.05, 4.69) is 30.1 Å². The summed E-state index contributed by atoms with van der Waals surface area (Å²) in [4.78, 5) is 2.33. The van der Waals surface area contributed by atoms with Crippen LogP contribution in [0, 0.1) is 11.3 Å². The molecule has 1 aliphatic rings. The second-order valence-corrected chi connectivity index (χ2v) is 5.48. The summed E-state index contributed by atoms with van der Waals surface area (Å²) in [6, 6.07) is 2.72. The van der Waals surface area contributed by atoms with Crippen LogP contribution < -0.4 is 5.32 Å². The fraction of sp³-hybridized carbons (Fsp3) is 0.923. The van der Waals surface area contributed by atoms with Gasteiger partial charge in [-0.25, -0.2) is 0 Å². The van der Waals surface area contributed by atoms with E-state index >= 15 is 0 Å². The minimum Gasteiger partial charge on any atom is -0.380 e. The van der Waals surface area contributed by atoms with Crippen molar-refractivity contribution in [3.05, 3.63) is 0 Å². The summed E-state index contributed by atoms with van der Waals surface area (Å²) in [6.45, 7) is 8.89. The van der Waals surface area contributed by atoms with Gasteiger partial charge < -0.3 is 4.74 Å². The Balaban J connectivity index is 2.53. The summed E-state index contributed by atoms with van der Waals surface area (Å²) in [7, 11) is 1.77. The highest BCUT2D eigenvalue weighted by molar-refractivity contribution is 5.06. The largest absolute Gasteiger partial charge is 0.380 e. The number of rotatable bonds is 5. The van der Waals surface area contributed by atoms with Crippen molar-refractivity contribution in [2.24, 2.45) is 0 Å². The summed E-state index contributed by atoms with van der Waals surface area (Å²) in [6.07, 6.45) is 2.61. The molecule has 0 aromatic carbocycles. The minimum atomic E-state index is -0.468. The zero-order valence-corrected chi connectivity index (χ0v) is 11.5. The van der Waals surface area contributed by atoms with Crippen LogP contribution in [0.5, 0.6) is 0 Å². The Morgan fingerprint density at radius 1 is 1.59 bits per heavy atom. The van der Waals surface area contributed by atoms with Crippen LogP contribution in [0.3, 0.4) is 0 Å². The SMILES string of the molecule is COC1CCCN(CC(C)(C#N)NC(C)C)C1. The lowest BCUT2D eigenvalue weighted by molar-refractivity contribution is 0.0250. The molecule has 0 aromatic heterocycles. The topological polar surface area (TPSA) is 48.3 Å². The molecule has 1 heterocycles. The van der Waals surface area contributed by atoms with Crippen LogP contribution in [0.15, 0.2) is 0 Å². The van der Waals surface area contributed by atoms with Crippen LogP contribution in [0.1, 0.15) is 33.6 Å². The highest BCUT2D eigenvalue weighted by atomic mass is 16.5. The van der Waals surface area contributed by atoms with Gasteiger partial charge >= 0.3 is 0 Å². The first-order valence-electron chi connectivity index (χ1n) is 6.43. The molecule has 98 valence electrons. The summed E-state index contributed by atoms with van der Waals surface area (Å²) >= 11 is 0. The normalized spacial score (nSPS) is 25.5. The Morgan fingerprint density at radius 2 is 2.29 bits per heavy atom. The highest BCUT2D eigenvalue weighted by Gasteiger charge is 2.30. The third-order valence-electron chi connectivity index (χ3n) is 3.19. The number of nitriles is 1. The van der Waals surface area contributed by atoms with E-state index in [1.54, 1.807) is 7.11 Å². The average molecular weight is 239 g/mol. The van der Waals surface area contributed by atoms with Crippen molar-refractivity contribution in [2.45, 2.75) is 51.3 Å². The summed E-state index contributed by atoms with van der Waals surface area (Å²) in [5.41, 5.74) is -0.468. The summed E-state index contributed by atoms with van der Waals surface area (Å²) in [5.74, 6) is 0. The van der Waals surface area contributed by atoms with E-state index in [-0.39, 0.29) is 0 Å². The van der Waals surface area contributed by atoms with Crippen molar-refractivity contribution in [3.63, 3.8) is 0 Å². The maximum atomic E-state index is 9.32. The van der Waals surface area contributed by atoms with Crippen LogP contribution >= 0.6 is 0 Å². The zero-order chi connectivity index (χ0) is 12.9. The second kappa shape index (κ2) is 6.34. The predicted octanol–water partition coefficient (Wildman–Crippen LogP) is 1.38. The molecule has 1 N–H and O–H groups in total. The Bertz CT molecular complexity index is 274. The number of piperidine rings is 1. The van der Waals surface area contributed by atoms with E-state index < -0.39 is 5.54 Å².